The fourth-order valence-corrected chi connectivity index (χ4v) is 3.80. The normalized spacial score (nSPS) is 10.7. The number of benzene rings is 2. The van der Waals surface area contributed by atoms with Gasteiger partial charge in [-0.2, -0.15) is 0 Å². The highest BCUT2D eigenvalue weighted by Gasteiger charge is 2.09. The minimum atomic E-state index is 0.481. The standard InChI is InChI=1S/C16H15Br2ClO/c1-10-3-11(2)5-13(4-10)9-20-16-14(17)6-12(8-19)7-15(16)18/h3-7H,8-9H2,1-2H3. The van der Waals surface area contributed by atoms with Gasteiger partial charge in [-0.05, 0) is 69.0 Å². The largest absolute Gasteiger partial charge is 0.487 e. The van der Waals surface area contributed by atoms with E-state index in [9.17, 15) is 0 Å². The molecule has 0 spiro atoms. The number of ether oxygens (including phenoxy) is 1. The average Bonchev–Trinajstić information content (AvgIpc) is 2.36. The van der Waals surface area contributed by atoms with Gasteiger partial charge in [0.25, 0.3) is 0 Å². The van der Waals surface area contributed by atoms with Gasteiger partial charge in [-0.15, -0.1) is 11.6 Å². The van der Waals surface area contributed by atoms with Crippen molar-refractivity contribution in [1.29, 1.82) is 0 Å². The van der Waals surface area contributed by atoms with Crippen LogP contribution in [0.5, 0.6) is 5.75 Å². The van der Waals surface area contributed by atoms with E-state index in [-0.39, 0.29) is 0 Å². The number of halogens is 3. The molecule has 0 fully saturated rings. The predicted molar refractivity (Wildman–Crippen MR) is 91.6 cm³/mol. The monoisotopic (exact) mass is 416 g/mol. The first-order valence-electron chi connectivity index (χ1n) is 6.23. The molecular weight excluding hydrogens is 403 g/mol. The molecule has 2 aromatic rings. The Morgan fingerprint density at radius 3 is 1.95 bits per heavy atom. The topological polar surface area (TPSA) is 9.23 Å². The van der Waals surface area contributed by atoms with Crippen LogP contribution >= 0.6 is 43.5 Å². The molecule has 0 unspecified atom stereocenters. The van der Waals surface area contributed by atoms with Crippen molar-refractivity contribution >= 4 is 43.5 Å². The van der Waals surface area contributed by atoms with E-state index in [1.165, 1.54) is 16.7 Å². The number of hydrogen-bond acceptors (Lipinski definition) is 1. The Morgan fingerprint density at radius 1 is 0.900 bits per heavy atom. The summed E-state index contributed by atoms with van der Waals surface area (Å²) in [6, 6.07) is 10.4. The van der Waals surface area contributed by atoms with Crippen molar-refractivity contribution < 1.29 is 4.74 Å². The molecule has 4 heteroatoms. The molecule has 2 aromatic carbocycles. The summed E-state index contributed by atoms with van der Waals surface area (Å²) in [6.45, 7) is 4.73. The van der Waals surface area contributed by atoms with Crippen molar-refractivity contribution in [3.8, 4) is 5.75 Å². The Balaban J connectivity index is 2.18. The SMILES string of the molecule is Cc1cc(C)cc(COc2c(Br)cc(CCl)cc2Br)c1. The maximum atomic E-state index is 5.93. The summed E-state index contributed by atoms with van der Waals surface area (Å²) in [5, 5.41) is 0. The van der Waals surface area contributed by atoms with Gasteiger partial charge >= 0.3 is 0 Å². The van der Waals surface area contributed by atoms with Crippen LogP contribution in [0.15, 0.2) is 39.3 Å². The Bertz CT molecular complexity index is 583. The zero-order chi connectivity index (χ0) is 14.7. The van der Waals surface area contributed by atoms with Gasteiger partial charge in [0.05, 0.1) is 8.95 Å². The van der Waals surface area contributed by atoms with Crippen LogP contribution in [0.3, 0.4) is 0 Å². The van der Waals surface area contributed by atoms with Crippen LogP contribution in [0, 0.1) is 13.8 Å². The van der Waals surface area contributed by atoms with Crippen molar-refractivity contribution in [3.63, 3.8) is 0 Å². The Labute approximate surface area is 141 Å². The first kappa shape index (κ1) is 15.9. The molecule has 0 amide bonds. The van der Waals surface area contributed by atoms with Crippen LogP contribution in [-0.2, 0) is 12.5 Å². The summed E-state index contributed by atoms with van der Waals surface area (Å²) in [5.41, 5.74) is 4.71. The summed E-state index contributed by atoms with van der Waals surface area (Å²) in [7, 11) is 0. The lowest BCUT2D eigenvalue weighted by Crippen LogP contribution is -1.98. The van der Waals surface area contributed by atoms with E-state index in [0.717, 1.165) is 20.3 Å². The molecule has 106 valence electrons. The molecule has 0 saturated carbocycles. The Morgan fingerprint density at radius 2 is 1.45 bits per heavy atom. The molecule has 0 aromatic heterocycles. The molecule has 1 nitrogen and oxygen atoms in total. The third-order valence-electron chi connectivity index (χ3n) is 2.88. The van der Waals surface area contributed by atoms with Crippen molar-refractivity contribution in [2.45, 2.75) is 26.3 Å². The average molecular weight is 419 g/mol. The van der Waals surface area contributed by atoms with Crippen molar-refractivity contribution in [1.82, 2.24) is 0 Å². The molecule has 0 aliphatic heterocycles. The highest BCUT2D eigenvalue weighted by Crippen LogP contribution is 2.35. The second-order valence-electron chi connectivity index (χ2n) is 4.81. The van der Waals surface area contributed by atoms with Gasteiger partial charge in [-0.1, -0.05) is 29.3 Å². The Hall–Kier alpha value is -0.510. The van der Waals surface area contributed by atoms with Crippen LogP contribution in [0.4, 0.5) is 0 Å². The second kappa shape index (κ2) is 6.97. The van der Waals surface area contributed by atoms with E-state index in [0.29, 0.717) is 12.5 Å². The van der Waals surface area contributed by atoms with E-state index >= 15 is 0 Å². The predicted octanol–water partition coefficient (Wildman–Crippen LogP) is 6.15. The van der Waals surface area contributed by atoms with Crippen molar-refractivity contribution in [2.75, 3.05) is 0 Å². The highest BCUT2D eigenvalue weighted by atomic mass is 79.9. The summed E-state index contributed by atoms with van der Waals surface area (Å²) in [6.07, 6.45) is 0. The molecule has 0 atom stereocenters. The fourth-order valence-electron chi connectivity index (χ4n) is 2.14. The maximum Gasteiger partial charge on any atom is 0.148 e. The first-order chi connectivity index (χ1) is 9.49. The van der Waals surface area contributed by atoms with Gasteiger partial charge in [0.2, 0.25) is 0 Å². The number of aryl methyl sites for hydroxylation is 2. The van der Waals surface area contributed by atoms with Crippen molar-refractivity contribution in [2.24, 2.45) is 0 Å². The zero-order valence-electron chi connectivity index (χ0n) is 11.3. The molecule has 0 saturated heterocycles. The summed E-state index contributed by atoms with van der Waals surface area (Å²) >= 11 is 12.9. The van der Waals surface area contributed by atoms with E-state index in [4.69, 9.17) is 16.3 Å². The number of alkyl halides is 1. The lowest BCUT2D eigenvalue weighted by atomic mass is 10.1. The van der Waals surface area contributed by atoms with E-state index in [1.807, 2.05) is 12.1 Å². The van der Waals surface area contributed by atoms with Crippen molar-refractivity contribution in [3.05, 3.63) is 61.5 Å². The van der Waals surface area contributed by atoms with Gasteiger partial charge in [0.15, 0.2) is 0 Å². The molecule has 20 heavy (non-hydrogen) atoms. The smallest absolute Gasteiger partial charge is 0.148 e. The molecule has 2 rings (SSSR count). The molecular formula is C16H15Br2ClO. The van der Waals surface area contributed by atoms with Gasteiger partial charge in [0, 0.05) is 5.88 Å². The van der Waals surface area contributed by atoms with Gasteiger partial charge in [-0.3, -0.25) is 0 Å². The molecule has 0 radical (unpaired) electrons. The molecule has 0 aliphatic carbocycles. The second-order valence-corrected chi connectivity index (χ2v) is 6.78. The molecule has 0 aliphatic rings. The third-order valence-corrected chi connectivity index (χ3v) is 4.36. The summed E-state index contributed by atoms with van der Waals surface area (Å²) < 4.78 is 7.74. The minimum absolute atomic E-state index is 0.481. The minimum Gasteiger partial charge on any atom is -0.487 e. The van der Waals surface area contributed by atoms with Crippen LogP contribution in [0.2, 0.25) is 0 Å². The lowest BCUT2D eigenvalue weighted by Gasteiger charge is -2.12. The molecule has 0 heterocycles. The van der Waals surface area contributed by atoms with Crippen LogP contribution in [0.1, 0.15) is 22.3 Å². The van der Waals surface area contributed by atoms with E-state index in [1.54, 1.807) is 0 Å². The highest BCUT2D eigenvalue weighted by molar-refractivity contribution is 9.11. The zero-order valence-corrected chi connectivity index (χ0v) is 15.3. The summed E-state index contributed by atoms with van der Waals surface area (Å²) in [4.78, 5) is 0. The number of rotatable bonds is 4. The first-order valence-corrected chi connectivity index (χ1v) is 8.35. The van der Waals surface area contributed by atoms with Gasteiger partial charge in [-0.25, -0.2) is 0 Å². The third kappa shape index (κ3) is 4.00. The number of hydrogen-bond donors (Lipinski definition) is 0. The fraction of sp³-hybridized carbons (Fsp3) is 0.250. The lowest BCUT2D eigenvalue weighted by molar-refractivity contribution is 0.302. The van der Waals surface area contributed by atoms with Crippen LogP contribution < -0.4 is 4.74 Å². The van der Waals surface area contributed by atoms with E-state index < -0.39 is 0 Å². The quantitative estimate of drug-likeness (QED) is 0.542. The summed E-state index contributed by atoms with van der Waals surface area (Å²) in [5.74, 6) is 1.28. The maximum absolute atomic E-state index is 5.93. The van der Waals surface area contributed by atoms with E-state index in [2.05, 4.69) is 63.9 Å². The van der Waals surface area contributed by atoms with Gasteiger partial charge in [0.1, 0.15) is 12.4 Å². The molecule has 0 bridgehead atoms. The van der Waals surface area contributed by atoms with Gasteiger partial charge < -0.3 is 4.74 Å². The van der Waals surface area contributed by atoms with Crippen LogP contribution in [0.25, 0.3) is 0 Å². The van der Waals surface area contributed by atoms with Crippen LogP contribution in [-0.4, -0.2) is 0 Å². The Kier molecular flexibility index (Phi) is 5.53. The molecule has 0 N–H and O–H groups in total.